The van der Waals surface area contributed by atoms with E-state index in [0.29, 0.717) is 39.6 Å². The van der Waals surface area contributed by atoms with Gasteiger partial charge in [0.1, 0.15) is 11.4 Å². The molecule has 3 aromatic carbocycles. The number of phenolic OH excluding ortho intramolecular Hbond substituents is 1. The first kappa shape index (κ1) is 21.4. The summed E-state index contributed by atoms with van der Waals surface area (Å²) in [5, 5.41) is 13.2. The summed E-state index contributed by atoms with van der Waals surface area (Å²) in [5.74, 6) is 0.818. The van der Waals surface area contributed by atoms with Crippen LogP contribution in [0, 0.1) is 0 Å². The quantitative estimate of drug-likeness (QED) is 0.265. The Labute approximate surface area is 206 Å². The number of rotatable bonds is 5. The Balaban J connectivity index is 1.44. The van der Waals surface area contributed by atoms with Crippen molar-refractivity contribution in [3.8, 4) is 39.6 Å². The van der Waals surface area contributed by atoms with E-state index in [1.165, 1.54) is 0 Å². The Bertz CT molecular complexity index is 1670. The van der Waals surface area contributed by atoms with E-state index in [1.54, 1.807) is 36.7 Å². The molecule has 7 nitrogen and oxygen atoms in total. The Morgan fingerprint density at radius 2 is 1.67 bits per heavy atom. The van der Waals surface area contributed by atoms with Gasteiger partial charge in [0.15, 0.2) is 5.76 Å². The van der Waals surface area contributed by atoms with Gasteiger partial charge in [0.05, 0.1) is 29.2 Å². The Morgan fingerprint density at radius 3 is 2.44 bits per heavy atom. The second-order valence-corrected chi connectivity index (χ2v) is 8.28. The number of phenols is 1. The van der Waals surface area contributed by atoms with Crippen LogP contribution in [-0.4, -0.2) is 26.0 Å². The number of anilines is 1. The third kappa shape index (κ3) is 4.10. The highest BCUT2D eigenvalue weighted by Gasteiger charge is 2.17. The second-order valence-electron chi connectivity index (χ2n) is 8.28. The molecule has 0 spiro atoms. The molecular formula is C29H20N4O3. The molecule has 0 bridgehead atoms. The van der Waals surface area contributed by atoms with Gasteiger partial charge in [0.25, 0.3) is 5.91 Å². The van der Waals surface area contributed by atoms with Crippen molar-refractivity contribution in [1.29, 1.82) is 0 Å². The van der Waals surface area contributed by atoms with Crippen LogP contribution in [0.4, 0.5) is 5.95 Å². The lowest BCUT2D eigenvalue weighted by atomic mass is 9.98. The molecule has 7 heteroatoms. The van der Waals surface area contributed by atoms with Gasteiger partial charge in [0, 0.05) is 10.9 Å². The maximum Gasteiger partial charge on any atom is 0.258 e. The van der Waals surface area contributed by atoms with Crippen molar-refractivity contribution in [3.63, 3.8) is 0 Å². The van der Waals surface area contributed by atoms with E-state index < -0.39 is 0 Å². The SMILES string of the molecule is O=C(Nc1ncc(-c2ccco2)[nH]1)c1cc(-c2ccccc2)nc2ccc(-c3ccc(O)cc3)cc12. The first-order valence-corrected chi connectivity index (χ1v) is 11.3. The number of amides is 1. The predicted octanol–water partition coefficient (Wildman–Crippen LogP) is 6.51. The zero-order valence-electron chi connectivity index (χ0n) is 19.0. The number of aromatic amines is 1. The van der Waals surface area contributed by atoms with Gasteiger partial charge in [-0.1, -0.05) is 48.5 Å². The van der Waals surface area contributed by atoms with Gasteiger partial charge in [-0.25, -0.2) is 9.97 Å². The van der Waals surface area contributed by atoms with Gasteiger partial charge in [-0.15, -0.1) is 0 Å². The third-order valence-electron chi connectivity index (χ3n) is 5.92. The van der Waals surface area contributed by atoms with E-state index in [9.17, 15) is 9.90 Å². The Morgan fingerprint density at radius 1 is 0.861 bits per heavy atom. The van der Waals surface area contributed by atoms with Crippen molar-refractivity contribution < 1.29 is 14.3 Å². The van der Waals surface area contributed by atoms with Crippen molar-refractivity contribution in [3.05, 3.63) is 109 Å². The lowest BCUT2D eigenvalue weighted by molar-refractivity contribution is 0.102. The molecule has 0 saturated heterocycles. The molecule has 0 aliphatic carbocycles. The molecular weight excluding hydrogens is 452 g/mol. The molecule has 1 amide bonds. The number of carbonyl (C=O) groups is 1. The number of aromatic nitrogens is 3. The van der Waals surface area contributed by atoms with Gasteiger partial charge in [-0.2, -0.15) is 0 Å². The number of hydrogen-bond acceptors (Lipinski definition) is 5. The van der Waals surface area contributed by atoms with Crippen LogP contribution in [0.15, 0.2) is 108 Å². The average Bonchev–Trinajstić information content (AvgIpc) is 3.61. The molecule has 0 saturated carbocycles. The maximum absolute atomic E-state index is 13.5. The van der Waals surface area contributed by atoms with E-state index in [4.69, 9.17) is 9.40 Å². The molecule has 6 rings (SSSR count). The van der Waals surface area contributed by atoms with Gasteiger partial charge < -0.3 is 14.5 Å². The van der Waals surface area contributed by atoms with Crippen LogP contribution in [0.5, 0.6) is 5.75 Å². The van der Waals surface area contributed by atoms with Crippen LogP contribution in [0.3, 0.4) is 0 Å². The van der Waals surface area contributed by atoms with Crippen LogP contribution < -0.4 is 5.32 Å². The van der Waals surface area contributed by atoms with Crippen LogP contribution >= 0.6 is 0 Å². The standard InChI is InChI=1S/C29H20N4O3/c34-21-11-8-18(9-12-21)20-10-13-24-22(15-20)23(16-25(31-24)19-5-2-1-3-6-19)28(35)33-29-30-17-26(32-29)27-7-4-14-36-27/h1-17,34H,(H2,30,32,33,35). The summed E-state index contributed by atoms with van der Waals surface area (Å²) < 4.78 is 5.40. The first-order chi connectivity index (χ1) is 17.6. The zero-order valence-corrected chi connectivity index (χ0v) is 19.0. The first-order valence-electron chi connectivity index (χ1n) is 11.3. The highest BCUT2D eigenvalue weighted by molar-refractivity contribution is 6.13. The fourth-order valence-corrected chi connectivity index (χ4v) is 4.12. The summed E-state index contributed by atoms with van der Waals surface area (Å²) in [6.45, 7) is 0. The summed E-state index contributed by atoms with van der Waals surface area (Å²) in [6, 6.07) is 27.9. The molecule has 0 unspecified atom stereocenters. The number of benzene rings is 3. The van der Waals surface area contributed by atoms with Crippen LogP contribution in [0.25, 0.3) is 44.7 Å². The molecule has 3 N–H and O–H groups in total. The topological polar surface area (TPSA) is 104 Å². The van der Waals surface area contributed by atoms with E-state index >= 15 is 0 Å². The minimum atomic E-state index is -0.317. The number of carbonyl (C=O) groups excluding carboxylic acids is 1. The molecule has 0 atom stereocenters. The van der Waals surface area contributed by atoms with E-state index in [1.807, 2.05) is 66.7 Å². The van der Waals surface area contributed by atoms with Crippen LogP contribution in [0.1, 0.15) is 10.4 Å². The smallest absolute Gasteiger partial charge is 0.258 e. The summed E-state index contributed by atoms with van der Waals surface area (Å²) in [7, 11) is 0. The van der Waals surface area contributed by atoms with Crippen molar-refractivity contribution in [2.24, 2.45) is 0 Å². The number of H-pyrrole nitrogens is 1. The summed E-state index contributed by atoms with van der Waals surface area (Å²) in [4.78, 5) is 25.7. The molecule has 0 fully saturated rings. The van der Waals surface area contributed by atoms with Gasteiger partial charge in [-0.05, 0) is 53.6 Å². The van der Waals surface area contributed by atoms with Crippen LogP contribution in [0.2, 0.25) is 0 Å². The summed E-state index contributed by atoms with van der Waals surface area (Å²) in [5.41, 5.74) is 5.26. The molecule has 3 heterocycles. The van der Waals surface area contributed by atoms with Gasteiger partial charge >= 0.3 is 0 Å². The number of hydrogen-bond donors (Lipinski definition) is 3. The number of furan rings is 1. The minimum absolute atomic E-state index is 0.196. The highest BCUT2D eigenvalue weighted by atomic mass is 16.3. The van der Waals surface area contributed by atoms with E-state index in [0.717, 1.165) is 16.7 Å². The monoisotopic (exact) mass is 472 g/mol. The minimum Gasteiger partial charge on any atom is -0.508 e. The predicted molar refractivity (Wildman–Crippen MR) is 139 cm³/mol. The number of aromatic hydroxyl groups is 1. The Kier molecular flexibility index (Phi) is 5.27. The van der Waals surface area contributed by atoms with Crippen molar-refractivity contribution in [2.45, 2.75) is 0 Å². The third-order valence-corrected chi connectivity index (χ3v) is 5.92. The number of fused-ring (bicyclic) bond motifs is 1. The number of nitrogens with zero attached hydrogens (tertiary/aromatic N) is 2. The molecule has 174 valence electrons. The lowest BCUT2D eigenvalue weighted by Gasteiger charge is -2.12. The lowest BCUT2D eigenvalue weighted by Crippen LogP contribution is -2.14. The number of imidazole rings is 1. The zero-order chi connectivity index (χ0) is 24.5. The summed E-state index contributed by atoms with van der Waals surface area (Å²) in [6.07, 6.45) is 3.19. The molecule has 0 aliphatic heterocycles. The normalized spacial score (nSPS) is 11.0. The highest BCUT2D eigenvalue weighted by Crippen LogP contribution is 2.30. The van der Waals surface area contributed by atoms with Crippen molar-refractivity contribution in [1.82, 2.24) is 15.0 Å². The average molecular weight is 473 g/mol. The number of pyridine rings is 1. The second kappa shape index (κ2) is 8.88. The van der Waals surface area contributed by atoms with Crippen LogP contribution in [-0.2, 0) is 0 Å². The largest absolute Gasteiger partial charge is 0.508 e. The van der Waals surface area contributed by atoms with E-state index in [-0.39, 0.29) is 11.7 Å². The van der Waals surface area contributed by atoms with Crippen molar-refractivity contribution in [2.75, 3.05) is 5.32 Å². The summed E-state index contributed by atoms with van der Waals surface area (Å²) >= 11 is 0. The fraction of sp³-hybridized carbons (Fsp3) is 0. The van der Waals surface area contributed by atoms with Gasteiger partial charge in [0.2, 0.25) is 5.95 Å². The maximum atomic E-state index is 13.5. The molecule has 0 aliphatic rings. The molecule has 0 radical (unpaired) electrons. The van der Waals surface area contributed by atoms with Gasteiger partial charge in [-0.3, -0.25) is 10.1 Å². The van der Waals surface area contributed by atoms with Crippen molar-refractivity contribution >= 4 is 22.8 Å². The number of nitrogens with one attached hydrogen (secondary N) is 2. The molecule has 3 aromatic heterocycles. The van der Waals surface area contributed by atoms with E-state index in [2.05, 4.69) is 15.3 Å². The molecule has 36 heavy (non-hydrogen) atoms. The fourth-order valence-electron chi connectivity index (χ4n) is 4.12. The molecule has 6 aromatic rings. The Hall–Kier alpha value is -5.17.